The van der Waals surface area contributed by atoms with Crippen molar-refractivity contribution in [3.8, 4) is 0 Å². The van der Waals surface area contributed by atoms with E-state index in [0.29, 0.717) is 6.04 Å². The summed E-state index contributed by atoms with van der Waals surface area (Å²) < 4.78 is 0. The van der Waals surface area contributed by atoms with Crippen molar-refractivity contribution in [2.24, 2.45) is 4.99 Å². The van der Waals surface area contributed by atoms with Gasteiger partial charge in [-0.2, -0.15) is 0 Å². The first-order valence-corrected chi connectivity index (χ1v) is 9.60. The summed E-state index contributed by atoms with van der Waals surface area (Å²) in [5.74, 6) is 0.960. The molecule has 5 heteroatoms. The zero-order valence-electron chi connectivity index (χ0n) is 16.1. The molecule has 1 aliphatic rings. The van der Waals surface area contributed by atoms with E-state index in [9.17, 15) is 0 Å². The van der Waals surface area contributed by atoms with Gasteiger partial charge >= 0.3 is 0 Å². The summed E-state index contributed by atoms with van der Waals surface area (Å²) in [6.45, 7) is 11.4. The van der Waals surface area contributed by atoms with E-state index < -0.39 is 0 Å². The smallest absolute Gasteiger partial charge is 0.191 e. The largest absolute Gasteiger partial charge is 0.357 e. The average molecular weight is 458 g/mol. The van der Waals surface area contributed by atoms with E-state index in [4.69, 9.17) is 4.99 Å². The first-order valence-electron chi connectivity index (χ1n) is 9.60. The number of hydrogen-bond donors (Lipinski definition) is 2. The molecule has 142 valence electrons. The van der Waals surface area contributed by atoms with E-state index in [-0.39, 0.29) is 24.0 Å². The second-order valence-electron chi connectivity index (χ2n) is 6.55. The van der Waals surface area contributed by atoms with Crippen molar-refractivity contribution in [1.29, 1.82) is 0 Å². The number of nitrogens with zero attached hydrogens (tertiary/aromatic N) is 2. The molecule has 0 saturated heterocycles. The van der Waals surface area contributed by atoms with E-state index >= 15 is 0 Å². The zero-order valence-corrected chi connectivity index (χ0v) is 18.4. The van der Waals surface area contributed by atoms with Gasteiger partial charge in [-0.3, -0.25) is 4.90 Å². The maximum absolute atomic E-state index is 4.84. The quantitative estimate of drug-likeness (QED) is 0.350. The van der Waals surface area contributed by atoms with Gasteiger partial charge in [0.05, 0.1) is 6.54 Å². The van der Waals surface area contributed by atoms with Crippen LogP contribution in [0.15, 0.2) is 29.3 Å². The minimum Gasteiger partial charge on any atom is -0.357 e. The maximum atomic E-state index is 4.84. The van der Waals surface area contributed by atoms with Crippen molar-refractivity contribution < 1.29 is 0 Å². The van der Waals surface area contributed by atoms with Gasteiger partial charge in [-0.05, 0) is 44.0 Å². The molecule has 0 bridgehead atoms. The number of rotatable bonds is 8. The summed E-state index contributed by atoms with van der Waals surface area (Å²) in [6.07, 6.45) is 5.21. The topological polar surface area (TPSA) is 39.7 Å². The van der Waals surface area contributed by atoms with E-state index in [1.165, 1.54) is 36.8 Å². The molecule has 0 radical (unpaired) electrons. The summed E-state index contributed by atoms with van der Waals surface area (Å²) in [5.41, 5.74) is 2.72. The standard InChI is InChI=1S/C20H34N4.HI/c1-4-21-20(23-19-13-9-10-14-19)22-15-17-11-7-8-12-18(17)16-24(5-2)6-3;/h7-8,11-12,19H,4-6,9-10,13-16H2,1-3H3,(H2,21,22,23);1H. The van der Waals surface area contributed by atoms with Crippen LogP contribution in [0.4, 0.5) is 0 Å². The highest BCUT2D eigenvalue weighted by Crippen LogP contribution is 2.17. The van der Waals surface area contributed by atoms with Gasteiger partial charge in [0.2, 0.25) is 0 Å². The normalized spacial score (nSPS) is 15.3. The van der Waals surface area contributed by atoms with Crippen LogP contribution in [-0.2, 0) is 13.1 Å². The summed E-state index contributed by atoms with van der Waals surface area (Å²) in [4.78, 5) is 7.29. The first-order chi connectivity index (χ1) is 11.8. The molecule has 0 aromatic heterocycles. The van der Waals surface area contributed by atoms with E-state index in [2.05, 4.69) is 60.6 Å². The zero-order chi connectivity index (χ0) is 17.2. The molecule has 0 unspecified atom stereocenters. The summed E-state index contributed by atoms with van der Waals surface area (Å²) in [6, 6.07) is 9.29. The predicted octanol–water partition coefficient (Wildman–Crippen LogP) is 4.14. The molecule has 1 saturated carbocycles. The van der Waals surface area contributed by atoms with Crippen molar-refractivity contribution in [1.82, 2.24) is 15.5 Å². The number of guanidine groups is 1. The van der Waals surface area contributed by atoms with Gasteiger partial charge in [-0.1, -0.05) is 51.0 Å². The minimum atomic E-state index is 0. The molecule has 0 heterocycles. The number of hydrogen-bond acceptors (Lipinski definition) is 2. The molecular weight excluding hydrogens is 423 g/mol. The second kappa shape index (κ2) is 12.5. The Labute approximate surface area is 170 Å². The fourth-order valence-corrected chi connectivity index (χ4v) is 3.30. The number of halogens is 1. The predicted molar refractivity (Wildman–Crippen MR) is 119 cm³/mol. The Hall–Kier alpha value is -0.820. The third-order valence-corrected chi connectivity index (χ3v) is 4.85. The third-order valence-electron chi connectivity index (χ3n) is 4.85. The van der Waals surface area contributed by atoms with E-state index in [0.717, 1.165) is 38.7 Å². The summed E-state index contributed by atoms with van der Waals surface area (Å²) in [7, 11) is 0. The van der Waals surface area contributed by atoms with Gasteiger partial charge in [0.15, 0.2) is 5.96 Å². The third kappa shape index (κ3) is 7.52. The Balaban J connectivity index is 0.00000312. The number of aliphatic imine (C=N–C) groups is 1. The van der Waals surface area contributed by atoms with Crippen LogP contribution < -0.4 is 10.6 Å². The lowest BCUT2D eigenvalue weighted by Gasteiger charge is -2.20. The van der Waals surface area contributed by atoms with Gasteiger partial charge in [0.1, 0.15) is 0 Å². The fraction of sp³-hybridized carbons (Fsp3) is 0.650. The van der Waals surface area contributed by atoms with Gasteiger partial charge in [-0.15, -0.1) is 24.0 Å². The molecule has 0 spiro atoms. The minimum absolute atomic E-state index is 0. The van der Waals surface area contributed by atoms with Crippen LogP contribution in [-0.4, -0.2) is 36.5 Å². The molecule has 25 heavy (non-hydrogen) atoms. The molecule has 0 amide bonds. The monoisotopic (exact) mass is 458 g/mol. The Bertz CT molecular complexity index is 508. The SMILES string of the molecule is CCNC(=NCc1ccccc1CN(CC)CC)NC1CCCC1.I. The Kier molecular flexibility index (Phi) is 11.1. The van der Waals surface area contributed by atoms with Crippen LogP contribution in [0.5, 0.6) is 0 Å². The highest BCUT2D eigenvalue weighted by Gasteiger charge is 2.16. The van der Waals surface area contributed by atoms with Crippen molar-refractivity contribution in [2.75, 3.05) is 19.6 Å². The molecule has 2 N–H and O–H groups in total. The van der Waals surface area contributed by atoms with Crippen LogP contribution in [0.2, 0.25) is 0 Å². The molecular formula is C20H35IN4. The maximum Gasteiger partial charge on any atom is 0.191 e. The van der Waals surface area contributed by atoms with Crippen molar-refractivity contribution in [3.63, 3.8) is 0 Å². The van der Waals surface area contributed by atoms with E-state index in [1.807, 2.05) is 0 Å². The highest BCUT2D eigenvalue weighted by molar-refractivity contribution is 14.0. The molecule has 1 aromatic rings. The van der Waals surface area contributed by atoms with Crippen molar-refractivity contribution >= 4 is 29.9 Å². The highest BCUT2D eigenvalue weighted by atomic mass is 127. The molecule has 1 aromatic carbocycles. The number of nitrogens with one attached hydrogen (secondary N) is 2. The van der Waals surface area contributed by atoms with Crippen LogP contribution in [0.1, 0.15) is 57.6 Å². The number of benzene rings is 1. The Morgan fingerprint density at radius 1 is 1.08 bits per heavy atom. The van der Waals surface area contributed by atoms with Crippen LogP contribution >= 0.6 is 24.0 Å². The average Bonchev–Trinajstić information content (AvgIpc) is 3.11. The van der Waals surface area contributed by atoms with Gasteiger partial charge in [0.25, 0.3) is 0 Å². The lowest BCUT2D eigenvalue weighted by molar-refractivity contribution is 0.295. The molecule has 0 aliphatic heterocycles. The van der Waals surface area contributed by atoms with Crippen LogP contribution in [0.25, 0.3) is 0 Å². The molecule has 1 fully saturated rings. The molecule has 4 nitrogen and oxygen atoms in total. The lowest BCUT2D eigenvalue weighted by Crippen LogP contribution is -2.42. The van der Waals surface area contributed by atoms with Gasteiger partial charge in [-0.25, -0.2) is 4.99 Å². The van der Waals surface area contributed by atoms with Gasteiger partial charge in [0, 0.05) is 19.1 Å². The van der Waals surface area contributed by atoms with Crippen LogP contribution in [0.3, 0.4) is 0 Å². The molecule has 2 rings (SSSR count). The fourth-order valence-electron chi connectivity index (χ4n) is 3.30. The Morgan fingerprint density at radius 3 is 2.32 bits per heavy atom. The summed E-state index contributed by atoms with van der Waals surface area (Å²) in [5, 5.41) is 6.99. The van der Waals surface area contributed by atoms with E-state index in [1.54, 1.807) is 0 Å². The van der Waals surface area contributed by atoms with Crippen LogP contribution in [0, 0.1) is 0 Å². The van der Waals surface area contributed by atoms with Gasteiger partial charge < -0.3 is 10.6 Å². The Morgan fingerprint density at radius 2 is 1.72 bits per heavy atom. The summed E-state index contributed by atoms with van der Waals surface area (Å²) >= 11 is 0. The molecule has 1 aliphatic carbocycles. The lowest BCUT2D eigenvalue weighted by atomic mass is 10.1. The van der Waals surface area contributed by atoms with Crippen molar-refractivity contribution in [3.05, 3.63) is 35.4 Å². The molecule has 0 atom stereocenters. The van der Waals surface area contributed by atoms with Crippen molar-refractivity contribution in [2.45, 2.75) is 65.6 Å². The second-order valence-corrected chi connectivity index (χ2v) is 6.55. The first kappa shape index (κ1) is 22.2.